The predicted molar refractivity (Wildman–Crippen MR) is 212 cm³/mol. The Morgan fingerprint density at radius 2 is 0.862 bits per heavy atom. The van der Waals surface area contributed by atoms with Gasteiger partial charge in [0, 0.05) is 52.4 Å². The number of aryl methyl sites for hydroxylation is 2. The molecule has 0 radical (unpaired) electrons. The first kappa shape index (κ1) is 44.4. The second-order valence-electron chi connectivity index (χ2n) is 14.0. The van der Waals surface area contributed by atoms with Crippen LogP contribution in [0.25, 0.3) is 0 Å². The maximum atomic E-state index is 12.8. The Balaban J connectivity index is 0.000000221. The summed E-state index contributed by atoms with van der Waals surface area (Å²) in [6.45, 7) is 12.2. The number of piperazine rings is 2. The molecule has 0 spiro atoms. The van der Waals surface area contributed by atoms with Crippen LogP contribution in [0.5, 0.6) is 0 Å². The van der Waals surface area contributed by atoms with Crippen LogP contribution in [0, 0.1) is 13.8 Å². The Labute approximate surface area is 334 Å². The molecule has 0 bridgehead atoms. The van der Waals surface area contributed by atoms with Crippen molar-refractivity contribution in [2.24, 2.45) is 0 Å². The molecule has 1 unspecified atom stereocenters. The Hall–Kier alpha value is -4.66. The van der Waals surface area contributed by atoms with Crippen LogP contribution in [0.4, 0.5) is 49.4 Å². The summed E-state index contributed by atoms with van der Waals surface area (Å²) in [7, 11) is -7.89. The number of halogens is 6. The van der Waals surface area contributed by atoms with Crippen molar-refractivity contribution in [2.45, 2.75) is 61.7 Å². The molecule has 58 heavy (non-hydrogen) atoms. The smallest absolute Gasteiger partial charge is 0.354 e. The number of sulfonamides is 2. The number of aromatic nitrogens is 2. The van der Waals surface area contributed by atoms with Gasteiger partial charge in [0.1, 0.15) is 11.6 Å². The van der Waals surface area contributed by atoms with Crippen LogP contribution in [-0.4, -0.2) is 91.5 Å². The molecule has 0 saturated carbocycles. The molecule has 2 aromatic heterocycles. The molecule has 4 N–H and O–H groups in total. The molecule has 4 heterocycles. The van der Waals surface area contributed by atoms with E-state index in [0.717, 1.165) is 77.8 Å². The summed E-state index contributed by atoms with van der Waals surface area (Å²) in [6.07, 6.45) is -8.76. The summed E-state index contributed by atoms with van der Waals surface area (Å²) in [5.74, 6) is -1.79. The second kappa shape index (κ2) is 18.1. The molecular formula is C38H46F6N8O4S2. The summed E-state index contributed by atoms with van der Waals surface area (Å²) >= 11 is 0. The van der Waals surface area contributed by atoms with Crippen LogP contribution in [0.1, 0.15) is 48.2 Å². The van der Waals surface area contributed by atoms with E-state index in [2.05, 4.69) is 39.8 Å². The van der Waals surface area contributed by atoms with Crippen molar-refractivity contribution in [2.75, 3.05) is 71.6 Å². The molecule has 2 atom stereocenters. The molecule has 4 aromatic rings. The molecule has 0 amide bonds. The van der Waals surface area contributed by atoms with Crippen molar-refractivity contribution in [3.8, 4) is 0 Å². The zero-order valence-electron chi connectivity index (χ0n) is 32.2. The first-order chi connectivity index (χ1) is 27.2. The van der Waals surface area contributed by atoms with Gasteiger partial charge in [0.2, 0.25) is 0 Å². The van der Waals surface area contributed by atoms with E-state index in [1.807, 2.05) is 0 Å². The number of benzene rings is 2. The lowest BCUT2D eigenvalue weighted by Gasteiger charge is -2.28. The molecule has 2 aliphatic heterocycles. The standard InChI is InChI=1S/2C19H23F3N4O2S/c2*1-13(19(20,21)22)15-3-5-16(6-4-15)29(27,28)25-17-7-8-18(24-14(17)2)26-11-9-23-10-12-26/h2*3-8,13,23,25H,9-12H2,1-2H3/t13-;/m1./s1. The molecule has 20 heteroatoms. The van der Waals surface area contributed by atoms with E-state index < -0.39 is 44.2 Å². The van der Waals surface area contributed by atoms with E-state index >= 15 is 0 Å². The lowest BCUT2D eigenvalue weighted by molar-refractivity contribution is -0.147. The third kappa shape index (κ3) is 11.3. The van der Waals surface area contributed by atoms with Gasteiger partial charge >= 0.3 is 12.4 Å². The van der Waals surface area contributed by atoms with Gasteiger partial charge in [-0.15, -0.1) is 0 Å². The van der Waals surface area contributed by atoms with Crippen LogP contribution >= 0.6 is 0 Å². The van der Waals surface area contributed by atoms with E-state index in [0.29, 0.717) is 22.8 Å². The highest BCUT2D eigenvalue weighted by molar-refractivity contribution is 7.93. The van der Waals surface area contributed by atoms with Crippen molar-refractivity contribution in [1.82, 2.24) is 20.6 Å². The van der Waals surface area contributed by atoms with Gasteiger partial charge in [-0.25, -0.2) is 26.8 Å². The van der Waals surface area contributed by atoms with Gasteiger partial charge in [-0.05, 0) is 87.4 Å². The number of hydrogen-bond donors (Lipinski definition) is 4. The Bertz CT molecular complexity index is 2070. The van der Waals surface area contributed by atoms with E-state index in [-0.39, 0.29) is 20.9 Å². The first-order valence-electron chi connectivity index (χ1n) is 18.4. The Kier molecular flexibility index (Phi) is 13.9. The summed E-state index contributed by atoms with van der Waals surface area (Å²) in [5, 5.41) is 6.51. The largest absolute Gasteiger partial charge is 0.395 e. The number of hydrogen-bond acceptors (Lipinski definition) is 10. The highest BCUT2D eigenvalue weighted by Gasteiger charge is 2.38. The fourth-order valence-electron chi connectivity index (χ4n) is 6.11. The Morgan fingerprint density at radius 3 is 1.14 bits per heavy atom. The third-order valence-electron chi connectivity index (χ3n) is 9.88. The van der Waals surface area contributed by atoms with Gasteiger partial charge in [0.25, 0.3) is 20.0 Å². The number of anilines is 4. The second-order valence-corrected chi connectivity index (χ2v) is 17.3. The lowest BCUT2D eigenvalue weighted by Crippen LogP contribution is -2.43. The van der Waals surface area contributed by atoms with E-state index in [1.54, 1.807) is 38.1 Å². The van der Waals surface area contributed by atoms with Crippen molar-refractivity contribution in [1.29, 1.82) is 0 Å². The van der Waals surface area contributed by atoms with Crippen LogP contribution in [0.15, 0.2) is 82.6 Å². The van der Waals surface area contributed by atoms with Crippen molar-refractivity contribution in [3.05, 3.63) is 95.3 Å². The number of rotatable bonds is 10. The first-order valence-corrected chi connectivity index (χ1v) is 21.4. The van der Waals surface area contributed by atoms with Gasteiger partial charge in [0.05, 0.1) is 44.4 Å². The monoisotopic (exact) mass is 856 g/mol. The number of nitrogens with zero attached hydrogens (tertiary/aromatic N) is 4. The molecular weight excluding hydrogens is 811 g/mol. The zero-order chi connectivity index (χ0) is 42.5. The number of nitrogens with one attached hydrogen (secondary N) is 4. The molecule has 2 saturated heterocycles. The fourth-order valence-corrected chi connectivity index (χ4v) is 8.34. The van der Waals surface area contributed by atoms with Gasteiger partial charge in [-0.1, -0.05) is 24.3 Å². The minimum absolute atomic E-state index is 0.00896. The van der Waals surface area contributed by atoms with Gasteiger partial charge in [-0.3, -0.25) is 9.44 Å². The van der Waals surface area contributed by atoms with Crippen LogP contribution in [0.3, 0.4) is 0 Å². The van der Waals surface area contributed by atoms with E-state index in [4.69, 9.17) is 0 Å². The normalized spacial score (nSPS) is 16.5. The van der Waals surface area contributed by atoms with E-state index in [1.165, 1.54) is 48.5 Å². The minimum atomic E-state index is -4.38. The minimum Gasteiger partial charge on any atom is -0.354 e. The van der Waals surface area contributed by atoms with Crippen molar-refractivity contribution < 1.29 is 43.2 Å². The zero-order valence-corrected chi connectivity index (χ0v) is 33.9. The van der Waals surface area contributed by atoms with E-state index in [9.17, 15) is 43.2 Å². The molecule has 2 fully saturated rings. The van der Waals surface area contributed by atoms with Gasteiger partial charge in [-0.2, -0.15) is 26.3 Å². The fraction of sp³-hybridized carbons (Fsp3) is 0.421. The molecule has 2 aliphatic rings. The summed E-state index contributed by atoms with van der Waals surface area (Å²) in [5.41, 5.74) is 1.72. The molecule has 6 rings (SSSR count). The molecule has 12 nitrogen and oxygen atoms in total. The number of pyridine rings is 2. The van der Waals surface area contributed by atoms with Gasteiger partial charge in [0.15, 0.2) is 0 Å². The third-order valence-corrected chi connectivity index (χ3v) is 12.6. The number of alkyl halides is 6. The quantitative estimate of drug-likeness (QED) is 0.130. The van der Waals surface area contributed by atoms with Crippen molar-refractivity contribution in [3.63, 3.8) is 0 Å². The summed E-state index contributed by atoms with van der Waals surface area (Å²) < 4.78 is 132. The summed E-state index contributed by atoms with van der Waals surface area (Å²) in [6, 6.07) is 16.3. The topological polar surface area (TPSA) is 149 Å². The molecule has 2 aromatic carbocycles. The Morgan fingerprint density at radius 1 is 0.552 bits per heavy atom. The maximum Gasteiger partial charge on any atom is 0.395 e. The summed E-state index contributed by atoms with van der Waals surface area (Å²) in [4.78, 5) is 13.0. The average molecular weight is 857 g/mol. The SMILES string of the molecule is Cc1nc(N2CCNCC2)ccc1NS(=O)(=O)c1ccc(C(C)C(F)(F)F)cc1.Cc1nc(N2CCNCC2)ccc1NS(=O)(=O)c1ccc([C@@H](C)C(F)(F)F)cc1. The average Bonchev–Trinajstić information content (AvgIpc) is 3.19. The van der Waals surface area contributed by atoms with Crippen LogP contribution < -0.4 is 29.9 Å². The van der Waals surface area contributed by atoms with Gasteiger partial charge < -0.3 is 20.4 Å². The maximum absolute atomic E-state index is 12.8. The van der Waals surface area contributed by atoms with Crippen LogP contribution in [0.2, 0.25) is 0 Å². The molecule has 0 aliphatic carbocycles. The molecule has 316 valence electrons. The highest BCUT2D eigenvalue weighted by atomic mass is 32.2. The van der Waals surface area contributed by atoms with Crippen molar-refractivity contribution >= 4 is 43.1 Å². The predicted octanol–water partition coefficient (Wildman–Crippen LogP) is 6.53. The highest BCUT2D eigenvalue weighted by Crippen LogP contribution is 2.36. The van der Waals surface area contributed by atoms with Crippen LogP contribution in [-0.2, 0) is 20.0 Å². The lowest BCUT2D eigenvalue weighted by atomic mass is 10.0.